The van der Waals surface area contributed by atoms with Crippen LogP contribution in [0.15, 0.2) is 9.59 Å². The molecule has 0 spiro atoms. The van der Waals surface area contributed by atoms with Gasteiger partial charge in [-0.1, -0.05) is 5.92 Å². The zero-order chi connectivity index (χ0) is 13.4. The summed E-state index contributed by atoms with van der Waals surface area (Å²) >= 11 is 0. The second-order valence-electron chi connectivity index (χ2n) is 3.83. The molecule has 18 heavy (non-hydrogen) atoms. The van der Waals surface area contributed by atoms with Crippen molar-refractivity contribution >= 4 is 11.2 Å². The molecule has 0 saturated carbocycles. The maximum Gasteiger partial charge on any atom is 0.332 e. The van der Waals surface area contributed by atoms with Crippen molar-refractivity contribution in [2.45, 2.75) is 0 Å². The summed E-state index contributed by atoms with van der Waals surface area (Å²) in [6.07, 6.45) is 0. The predicted molar refractivity (Wildman–Crippen MR) is 65.2 cm³/mol. The summed E-state index contributed by atoms with van der Waals surface area (Å²) in [7, 11) is 4.60. The van der Waals surface area contributed by atoms with Crippen LogP contribution in [0.2, 0.25) is 0 Å². The normalized spacial score (nSPS) is 10.4. The molecule has 94 valence electrons. The summed E-state index contributed by atoms with van der Waals surface area (Å²) in [6, 6.07) is 0. The van der Waals surface area contributed by atoms with Gasteiger partial charge in [-0.15, -0.1) is 0 Å². The minimum atomic E-state index is -0.438. The van der Waals surface area contributed by atoms with Gasteiger partial charge in [0, 0.05) is 21.1 Å². The molecule has 2 heterocycles. The first kappa shape index (κ1) is 12.1. The van der Waals surface area contributed by atoms with Crippen LogP contribution in [0.1, 0.15) is 5.82 Å². The fourth-order valence-electron chi connectivity index (χ4n) is 1.75. The number of aromatic nitrogens is 4. The quantitative estimate of drug-likeness (QED) is 0.564. The molecule has 0 aliphatic rings. The number of hydrogen-bond donors (Lipinski definition) is 1. The zero-order valence-corrected chi connectivity index (χ0v) is 10.3. The number of aryl methyl sites for hydroxylation is 2. The van der Waals surface area contributed by atoms with Crippen LogP contribution in [0.25, 0.3) is 11.2 Å². The highest BCUT2D eigenvalue weighted by Gasteiger charge is 2.15. The number of aliphatic hydroxyl groups excluding tert-OH is 1. The van der Waals surface area contributed by atoms with Crippen LogP contribution >= 0.6 is 0 Å². The maximum atomic E-state index is 12.0. The molecule has 0 aliphatic carbocycles. The number of hydrogen-bond acceptors (Lipinski definition) is 4. The number of imidazole rings is 1. The Hall–Kier alpha value is -2.33. The van der Waals surface area contributed by atoms with Crippen molar-refractivity contribution in [2.24, 2.45) is 21.1 Å². The van der Waals surface area contributed by atoms with E-state index in [1.165, 1.54) is 16.2 Å². The molecule has 1 N–H and O–H groups in total. The third-order valence-corrected chi connectivity index (χ3v) is 2.75. The molecular formula is C11H12N4O3. The highest BCUT2D eigenvalue weighted by atomic mass is 16.2. The van der Waals surface area contributed by atoms with Gasteiger partial charge in [0.05, 0.1) is 0 Å². The number of aliphatic hydroxyl groups is 1. The van der Waals surface area contributed by atoms with E-state index in [2.05, 4.69) is 16.8 Å². The van der Waals surface area contributed by atoms with Crippen molar-refractivity contribution in [3.8, 4) is 11.8 Å². The standard InChI is InChI=1S/C11H12N4O3/c1-13-7(5-4-6-16)12-9-8(13)10(17)15(3)11(18)14(9)2/h16H,6H2,1-3H3. The third kappa shape index (κ3) is 1.55. The average molecular weight is 248 g/mol. The SMILES string of the molecule is Cn1c(=O)c2c(nc(C#CCO)n2C)n(C)c1=O. The summed E-state index contributed by atoms with van der Waals surface area (Å²) in [6.45, 7) is -0.292. The van der Waals surface area contributed by atoms with Crippen molar-refractivity contribution in [1.82, 2.24) is 18.7 Å². The Balaban J connectivity index is 2.98. The molecule has 2 aromatic heterocycles. The van der Waals surface area contributed by atoms with Crippen molar-refractivity contribution in [3.63, 3.8) is 0 Å². The molecule has 0 radical (unpaired) electrons. The zero-order valence-electron chi connectivity index (χ0n) is 10.3. The minimum Gasteiger partial charge on any atom is -0.384 e. The molecule has 0 fully saturated rings. The van der Waals surface area contributed by atoms with E-state index < -0.39 is 11.2 Å². The smallest absolute Gasteiger partial charge is 0.332 e. The van der Waals surface area contributed by atoms with Crippen LogP contribution in [0, 0.1) is 11.8 Å². The van der Waals surface area contributed by atoms with E-state index in [1.807, 2.05) is 0 Å². The molecule has 2 rings (SSSR count). The number of rotatable bonds is 0. The molecule has 7 nitrogen and oxygen atoms in total. The number of nitrogens with zero attached hydrogens (tertiary/aromatic N) is 4. The molecule has 0 amide bonds. The van der Waals surface area contributed by atoms with Crippen LogP contribution in [0.5, 0.6) is 0 Å². The molecule has 7 heteroatoms. The van der Waals surface area contributed by atoms with Gasteiger partial charge in [0.1, 0.15) is 6.61 Å². The topological polar surface area (TPSA) is 82.1 Å². The fourth-order valence-corrected chi connectivity index (χ4v) is 1.75. The van der Waals surface area contributed by atoms with Gasteiger partial charge in [-0.3, -0.25) is 13.9 Å². The van der Waals surface area contributed by atoms with Crippen molar-refractivity contribution in [2.75, 3.05) is 6.61 Å². The van der Waals surface area contributed by atoms with Crippen LogP contribution in [-0.2, 0) is 21.1 Å². The van der Waals surface area contributed by atoms with E-state index >= 15 is 0 Å². The first-order valence-corrected chi connectivity index (χ1v) is 5.21. The van der Waals surface area contributed by atoms with Gasteiger partial charge in [-0.25, -0.2) is 9.78 Å². The third-order valence-electron chi connectivity index (χ3n) is 2.75. The first-order chi connectivity index (χ1) is 8.49. The lowest BCUT2D eigenvalue weighted by atomic mass is 10.5. The molecule has 0 aliphatic heterocycles. The van der Waals surface area contributed by atoms with Gasteiger partial charge >= 0.3 is 5.69 Å². The van der Waals surface area contributed by atoms with E-state index in [-0.39, 0.29) is 12.3 Å². The van der Waals surface area contributed by atoms with Gasteiger partial charge in [0.2, 0.25) is 0 Å². The van der Waals surface area contributed by atoms with E-state index in [0.717, 1.165) is 4.57 Å². The summed E-state index contributed by atoms with van der Waals surface area (Å²) in [5, 5.41) is 8.66. The molecule has 2 aromatic rings. The Bertz CT molecular complexity index is 798. The highest BCUT2D eigenvalue weighted by molar-refractivity contribution is 5.71. The van der Waals surface area contributed by atoms with E-state index in [4.69, 9.17) is 5.11 Å². The molecule has 0 saturated heterocycles. The second-order valence-corrected chi connectivity index (χ2v) is 3.83. The number of fused-ring (bicyclic) bond motifs is 1. The maximum absolute atomic E-state index is 12.0. The first-order valence-electron chi connectivity index (χ1n) is 5.21. The molecule has 0 atom stereocenters. The Morgan fingerprint density at radius 3 is 2.44 bits per heavy atom. The predicted octanol–water partition coefficient (Wildman–Crippen LogP) is -1.69. The lowest BCUT2D eigenvalue weighted by molar-refractivity contribution is 0.350. The van der Waals surface area contributed by atoms with Crippen LogP contribution < -0.4 is 11.2 Å². The highest BCUT2D eigenvalue weighted by Crippen LogP contribution is 2.07. The van der Waals surface area contributed by atoms with Gasteiger partial charge in [0.15, 0.2) is 17.0 Å². The van der Waals surface area contributed by atoms with Gasteiger partial charge in [-0.05, 0) is 5.92 Å². The van der Waals surface area contributed by atoms with Crippen LogP contribution in [0.4, 0.5) is 0 Å². The van der Waals surface area contributed by atoms with E-state index in [0.29, 0.717) is 11.3 Å². The summed E-state index contributed by atoms with van der Waals surface area (Å²) in [4.78, 5) is 27.9. The average Bonchev–Trinajstić information content (AvgIpc) is 2.69. The van der Waals surface area contributed by atoms with E-state index in [9.17, 15) is 9.59 Å². The van der Waals surface area contributed by atoms with E-state index in [1.54, 1.807) is 14.1 Å². The fraction of sp³-hybridized carbons (Fsp3) is 0.364. The Kier molecular flexibility index (Phi) is 2.80. The monoisotopic (exact) mass is 248 g/mol. The second kappa shape index (κ2) is 4.16. The Morgan fingerprint density at radius 1 is 1.17 bits per heavy atom. The largest absolute Gasteiger partial charge is 0.384 e. The Labute approximate surface area is 102 Å². The summed E-state index contributed by atoms with van der Waals surface area (Å²) in [5.41, 5.74) is -0.262. The van der Waals surface area contributed by atoms with Gasteiger partial charge in [0.25, 0.3) is 5.56 Å². The molecular weight excluding hydrogens is 236 g/mol. The Morgan fingerprint density at radius 2 is 1.83 bits per heavy atom. The van der Waals surface area contributed by atoms with Gasteiger partial charge < -0.3 is 9.67 Å². The summed E-state index contributed by atoms with van der Waals surface area (Å²) < 4.78 is 3.83. The summed E-state index contributed by atoms with van der Waals surface area (Å²) in [5.74, 6) is 5.43. The van der Waals surface area contributed by atoms with Crippen molar-refractivity contribution in [3.05, 3.63) is 26.7 Å². The minimum absolute atomic E-state index is 0.285. The molecule has 0 aromatic carbocycles. The molecule has 0 unspecified atom stereocenters. The van der Waals surface area contributed by atoms with Crippen LogP contribution in [0.3, 0.4) is 0 Å². The van der Waals surface area contributed by atoms with Crippen molar-refractivity contribution < 1.29 is 5.11 Å². The van der Waals surface area contributed by atoms with Crippen molar-refractivity contribution in [1.29, 1.82) is 0 Å². The van der Waals surface area contributed by atoms with Crippen LogP contribution in [-0.4, -0.2) is 30.4 Å². The molecule has 0 bridgehead atoms. The lowest BCUT2D eigenvalue weighted by Crippen LogP contribution is -2.37. The van der Waals surface area contributed by atoms with Gasteiger partial charge in [-0.2, -0.15) is 0 Å². The lowest BCUT2D eigenvalue weighted by Gasteiger charge is -2.02.